The number of rotatable bonds is 5. The number of amides is 1. The Morgan fingerprint density at radius 2 is 2.07 bits per heavy atom. The van der Waals surface area contributed by atoms with Crippen molar-refractivity contribution in [2.45, 2.75) is 0 Å². The van der Waals surface area contributed by atoms with Crippen LogP contribution >= 0.6 is 23.4 Å². The first-order chi connectivity index (χ1) is 7.22. The Hall–Kier alpha value is -0.710. The number of carbonyl (C=O) groups excluding carboxylic acids is 1. The van der Waals surface area contributed by atoms with E-state index < -0.39 is 0 Å². The third-order valence-electron chi connectivity index (χ3n) is 1.62. The van der Waals surface area contributed by atoms with Crippen LogP contribution in [0.4, 0.5) is 5.69 Å². The summed E-state index contributed by atoms with van der Waals surface area (Å²) in [7, 11) is 0. The molecule has 0 fully saturated rings. The first kappa shape index (κ1) is 12.4. The molecule has 3 N–H and O–H groups in total. The van der Waals surface area contributed by atoms with Gasteiger partial charge in [0.05, 0.1) is 5.75 Å². The zero-order valence-electron chi connectivity index (χ0n) is 8.20. The molecule has 82 valence electrons. The van der Waals surface area contributed by atoms with E-state index in [-0.39, 0.29) is 5.91 Å². The number of thioether (sulfide) groups is 1. The van der Waals surface area contributed by atoms with E-state index in [9.17, 15) is 4.79 Å². The Kier molecular flexibility index (Phi) is 5.53. The van der Waals surface area contributed by atoms with Crippen LogP contribution in [0.15, 0.2) is 24.3 Å². The highest BCUT2D eigenvalue weighted by molar-refractivity contribution is 7.99. The molecule has 0 atom stereocenters. The third kappa shape index (κ3) is 5.06. The molecule has 0 radical (unpaired) electrons. The lowest BCUT2D eigenvalue weighted by atomic mass is 10.3. The Bertz CT molecular complexity index is 316. The lowest BCUT2D eigenvalue weighted by Gasteiger charge is -2.04. The van der Waals surface area contributed by atoms with Crippen molar-refractivity contribution in [2.24, 2.45) is 5.73 Å². The third-order valence-corrected chi connectivity index (χ3v) is 2.87. The topological polar surface area (TPSA) is 55.1 Å². The molecule has 0 aliphatic carbocycles. The number of hydrogen-bond donors (Lipinski definition) is 2. The van der Waals surface area contributed by atoms with Crippen molar-refractivity contribution >= 4 is 35.0 Å². The molecule has 0 saturated heterocycles. The Morgan fingerprint density at radius 1 is 1.40 bits per heavy atom. The maximum atomic E-state index is 11.4. The van der Waals surface area contributed by atoms with Gasteiger partial charge in [-0.05, 0) is 24.3 Å². The molecule has 5 heteroatoms. The van der Waals surface area contributed by atoms with Crippen LogP contribution in [0.3, 0.4) is 0 Å². The fourth-order valence-electron chi connectivity index (χ4n) is 0.978. The number of nitrogens with one attached hydrogen (secondary N) is 1. The van der Waals surface area contributed by atoms with Crippen molar-refractivity contribution in [1.82, 2.24) is 0 Å². The van der Waals surface area contributed by atoms with Crippen molar-refractivity contribution < 1.29 is 4.79 Å². The summed E-state index contributed by atoms with van der Waals surface area (Å²) >= 11 is 7.24. The van der Waals surface area contributed by atoms with Crippen LogP contribution in [0.2, 0.25) is 5.02 Å². The number of carbonyl (C=O) groups is 1. The summed E-state index contributed by atoms with van der Waals surface area (Å²) in [6, 6.07) is 7.02. The second kappa shape index (κ2) is 6.71. The minimum Gasteiger partial charge on any atom is -0.330 e. The molecular formula is C10H13ClN2OS. The zero-order chi connectivity index (χ0) is 11.1. The summed E-state index contributed by atoms with van der Waals surface area (Å²) < 4.78 is 0. The van der Waals surface area contributed by atoms with E-state index >= 15 is 0 Å². The molecule has 1 rings (SSSR count). The van der Waals surface area contributed by atoms with Gasteiger partial charge in [-0.3, -0.25) is 4.79 Å². The van der Waals surface area contributed by atoms with Crippen LogP contribution in [0.5, 0.6) is 0 Å². The van der Waals surface area contributed by atoms with Crippen LogP contribution in [0, 0.1) is 0 Å². The summed E-state index contributed by atoms with van der Waals surface area (Å²) in [6.45, 7) is 0.596. The molecule has 0 aliphatic heterocycles. The molecule has 0 heterocycles. The largest absolute Gasteiger partial charge is 0.330 e. The molecule has 0 bridgehead atoms. The van der Waals surface area contributed by atoms with E-state index in [1.807, 2.05) is 0 Å². The summed E-state index contributed by atoms with van der Waals surface area (Å²) in [5.41, 5.74) is 6.08. The van der Waals surface area contributed by atoms with E-state index in [0.29, 0.717) is 17.3 Å². The second-order valence-corrected chi connectivity index (χ2v) is 4.44. The molecule has 3 nitrogen and oxygen atoms in total. The van der Waals surface area contributed by atoms with Crippen molar-refractivity contribution in [3.8, 4) is 0 Å². The standard InChI is InChI=1S/C10H13ClN2OS/c11-8-1-3-9(4-2-8)13-10(14)7-15-6-5-12/h1-4H,5-7,12H2,(H,13,14). The predicted molar refractivity (Wildman–Crippen MR) is 66.5 cm³/mol. The lowest BCUT2D eigenvalue weighted by Crippen LogP contribution is -2.15. The fraction of sp³-hybridized carbons (Fsp3) is 0.300. The summed E-state index contributed by atoms with van der Waals surface area (Å²) in [5.74, 6) is 1.21. The summed E-state index contributed by atoms with van der Waals surface area (Å²) in [6.07, 6.45) is 0. The van der Waals surface area contributed by atoms with Crippen molar-refractivity contribution in [3.05, 3.63) is 29.3 Å². The first-order valence-electron chi connectivity index (χ1n) is 4.55. The normalized spacial score (nSPS) is 10.0. The molecule has 0 spiro atoms. The molecule has 15 heavy (non-hydrogen) atoms. The number of anilines is 1. The van der Waals surface area contributed by atoms with Gasteiger partial charge in [0.15, 0.2) is 0 Å². The van der Waals surface area contributed by atoms with Crippen LogP contribution in [0.1, 0.15) is 0 Å². The summed E-state index contributed by atoms with van der Waals surface area (Å²) in [4.78, 5) is 11.4. The predicted octanol–water partition coefficient (Wildman–Crippen LogP) is 1.97. The van der Waals surface area contributed by atoms with Crippen LogP contribution < -0.4 is 11.1 Å². The smallest absolute Gasteiger partial charge is 0.234 e. The highest BCUT2D eigenvalue weighted by atomic mass is 35.5. The Labute approximate surface area is 98.4 Å². The molecular weight excluding hydrogens is 232 g/mol. The maximum Gasteiger partial charge on any atom is 0.234 e. The van der Waals surface area contributed by atoms with Crippen molar-refractivity contribution in [3.63, 3.8) is 0 Å². The first-order valence-corrected chi connectivity index (χ1v) is 6.09. The Morgan fingerprint density at radius 3 is 2.67 bits per heavy atom. The molecule has 0 unspecified atom stereocenters. The number of benzene rings is 1. The van der Waals surface area contributed by atoms with Gasteiger partial charge < -0.3 is 11.1 Å². The molecule has 1 aromatic rings. The van der Waals surface area contributed by atoms with Gasteiger partial charge in [-0.2, -0.15) is 11.8 Å². The van der Waals surface area contributed by atoms with Gasteiger partial charge in [-0.1, -0.05) is 11.6 Å². The minimum atomic E-state index is -0.0178. The zero-order valence-corrected chi connectivity index (χ0v) is 9.77. The van der Waals surface area contributed by atoms with Gasteiger partial charge in [-0.25, -0.2) is 0 Å². The average molecular weight is 245 g/mol. The quantitative estimate of drug-likeness (QED) is 0.779. The average Bonchev–Trinajstić information content (AvgIpc) is 2.22. The van der Waals surface area contributed by atoms with Crippen LogP contribution in [-0.4, -0.2) is 24.0 Å². The SMILES string of the molecule is NCCSCC(=O)Nc1ccc(Cl)cc1. The van der Waals surface area contributed by atoms with Crippen molar-refractivity contribution in [1.29, 1.82) is 0 Å². The molecule has 0 aliphatic rings. The van der Waals surface area contributed by atoms with Crippen molar-refractivity contribution in [2.75, 3.05) is 23.4 Å². The van der Waals surface area contributed by atoms with E-state index in [0.717, 1.165) is 11.4 Å². The fourth-order valence-corrected chi connectivity index (χ4v) is 1.67. The number of hydrogen-bond acceptors (Lipinski definition) is 3. The lowest BCUT2D eigenvalue weighted by molar-refractivity contribution is -0.113. The monoisotopic (exact) mass is 244 g/mol. The highest BCUT2D eigenvalue weighted by Gasteiger charge is 2.01. The van der Waals surface area contributed by atoms with Gasteiger partial charge >= 0.3 is 0 Å². The van der Waals surface area contributed by atoms with E-state index in [4.69, 9.17) is 17.3 Å². The van der Waals surface area contributed by atoms with Crippen LogP contribution in [-0.2, 0) is 4.79 Å². The van der Waals surface area contributed by atoms with Gasteiger partial charge in [0.2, 0.25) is 5.91 Å². The number of nitrogens with two attached hydrogens (primary N) is 1. The van der Waals surface area contributed by atoms with Gasteiger partial charge in [0.1, 0.15) is 0 Å². The Balaban J connectivity index is 2.34. The van der Waals surface area contributed by atoms with Gasteiger partial charge in [0.25, 0.3) is 0 Å². The summed E-state index contributed by atoms with van der Waals surface area (Å²) in [5, 5.41) is 3.43. The van der Waals surface area contributed by atoms with E-state index in [2.05, 4.69) is 5.32 Å². The second-order valence-electron chi connectivity index (χ2n) is 2.90. The van der Waals surface area contributed by atoms with E-state index in [1.54, 1.807) is 24.3 Å². The van der Waals surface area contributed by atoms with Gasteiger partial charge in [-0.15, -0.1) is 0 Å². The number of halogens is 1. The molecule has 1 aromatic carbocycles. The van der Waals surface area contributed by atoms with Gasteiger partial charge in [0, 0.05) is 23.0 Å². The van der Waals surface area contributed by atoms with E-state index in [1.165, 1.54) is 11.8 Å². The molecule has 0 saturated carbocycles. The molecule has 1 amide bonds. The maximum absolute atomic E-state index is 11.4. The molecule has 0 aromatic heterocycles. The highest BCUT2D eigenvalue weighted by Crippen LogP contribution is 2.13. The van der Waals surface area contributed by atoms with Crippen LogP contribution in [0.25, 0.3) is 0 Å². The minimum absolute atomic E-state index is 0.0178.